The van der Waals surface area contributed by atoms with Gasteiger partial charge in [-0.1, -0.05) is 29.7 Å². The normalized spacial score (nSPS) is 24.9. The van der Waals surface area contributed by atoms with Gasteiger partial charge in [0.2, 0.25) is 0 Å². The molecular weight excluding hydrogens is 495 g/mol. The third-order valence-electron chi connectivity index (χ3n) is 6.87. The van der Waals surface area contributed by atoms with Gasteiger partial charge in [-0.3, -0.25) is 9.58 Å². The number of hydrogen-bond acceptors (Lipinski definition) is 4. The van der Waals surface area contributed by atoms with Crippen LogP contribution in [0.25, 0.3) is 0 Å². The molecule has 2 heterocycles. The molecule has 36 heavy (non-hydrogen) atoms. The highest BCUT2D eigenvalue weighted by Crippen LogP contribution is 2.36. The SMILES string of the molecule is C#C[C@H]1CN(C2CCC(c3cc(C)n(C)n3)CC2)[C@@H](Cc2ccc(Cl)cc2)CO1.O=C(O)C(F)(F)F. The lowest BCUT2D eigenvalue weighted by molar-refractivity contribution is -0.192. The maximum Gasteiger partial charge on any atom is 0.490 e. The van der Waals surface area contributed by atoms with Gasteiger partial charge in [0.15, 0.2) is 0 Å². The Balaban J connectivity index is 0.000000454. The number of aryl methyl sites for hydroxylation is 2. The summed E-state index contributed by atoms with van der Waals surface area (Å²) in [4.78, 5) is 11.5. The van der Waals surface area contributed by atoms with Gasteiger partial charge < -0.3 is 9.84 Å². The van der Waals surface area contributed by atoms with Gasteiger partial charge >= 0.3 is 12.1 Å². The number of nitrogens with zero attached hydrogens (tertiary/aromatic N) is 3. The summed E-state index contributed by atoms with van der Waals surface area (Å²) in [6, 6.07) is 11.3. The van der Waals surface area contributed by atoms with E-state index >= 15 is 0 Å². The topological polar surface area (TPSA) is 67.6 Å². The minimum atomic E-state index is -5.08. The number of carboxylic acids is 1. The number of morpholine rings is 1. The highest BCUT2D eigenvalue weighted by atomic mass is 35.5. The number of carbonyl (C=O) groups is 1. The zero-order valence-corrected chi connectivity index (χ0v) is 21.1. The number of halogens is 4. The summed E-state index contributed by atoms with van der Waals surface area (Å²) in [5.74, 6) is 0.632. The monoisotopic (exact) mass is 525 g/mol. The van der Waals surface area contributed by atoms with E-state index in [-0.39, 0.29) is 6.10 Å². The highest BCUT2D eigenvalue weighted by molar-refractivity contribution is 6.30. The first-order valence-electron chi connectivity index (χ1n) is 11.9. The number of aliphatic carboxylic acids is 1. The molecule has 0 amide bonds. The molecule has 1 saturated carbocycles. The number of hydrogen-bond donors (Lipinski definition) is 1. The highest BCUT2D eigenvalue weighted by Gasteiger charge is 2.38. The van der Waals surface area contributed by atoms with Crippen LogP contribution in [0.2, 0.25) is 5.02 Å². The minimum absolute atomic E-state index is 0.104. The van der Waals surface area contributed by atoms with Crippen LogP contribution in [0.15, 0.2) is 30.3 Å². The molecule has 2 aromatic rings. The van der Waals surface area contributed by atoms with Crippen molar-refractivity contribution < 1.29 is 27.8 Å². The van der Waals surface area contributed by atoms with Gasteiger partial charge in [-0.2, -0.15) is 18.3 Å². The number of terminal acetylenes is 1. The molecular formula is C26H31ClF3N3O3. The summed E-state index contributed by atoms with van der Waals surface area (Å²) in [5.41, 5.74) is 3.78. The van der Waals surface area contributed by atoms with Crippen molar-refractivity contribution in [1.29, 1.82) is 0 Å². The molecule has 6 nitrogen and oxygen atoms in total. The van der Waals surface area contributed by atoms with Crippen LogP contribution in [0, 0.1) is 19.3 Å². The quantitative estimate of drug-likeness (QED) is 0.570. The first-order chi connectivity index (χ1) is 17.0. The Morgan fingerprint density at radius 1 is 1.25 bits per heavy atom. The van der Waals surface area contributed by atoms with Crippen LogP contribution in [-0.2, 0) is 23.0 Å². The summed E-state index contributed by atoms with van der Waals surface area (Å²) in [5, 5.41) is 12.6. The van der Waals surface area contributed by atoms with Crippen molar-refractivity contribution in [3.05, 3.63) is 52.3 Å². The van der Waals surface area contributed by atoms with Gasteiger partial charge in [0, 0.05) is 42.3 Å². The zero-order valence-electron chi connectivity index (χ0n) is 20.3. The number of ether oxygens (including phenoxy) is 1. The van der Waals surface area contributed by atoms with E-state index in [1.165, 1.54) is 42.6 Å². The van der Waals surface area contributed by atoms with E-state index in [1.807, 2.05) is 23.9 Å². The predicted octanol–water partition coefficient (Wildman–Crippen LogP) is 4.99. The van der Waals surface area contributed by atoms with Crippen molar-refractivity contribution in [2.45, 2.75) is 69.3 Å². The summed E-state index contributed by atoms with van der Waals surface area (Å²) in [7, 11) is 2.03. The number of alkyl halides is 3. The third kappa shape index (κ3) is 7.48. The molecule has 0 unspecified atom stereocenters. The molecule has 196 valence electrons. The third-order valence-corrected chi connectivity index (χ3v) is 7.12. The van der Waals surface area contributed by atoms with Gasteiger partial charge in [-0.15, -0.1) is 6.42 Å². The van der Waals surface area contributed by atoms with E-state index in [9.17, 15) is 13.2 Å². The fraction of sp³-hybridized carbons (Fsp3) is 0.538. The van der Waals surface area contributed by atoms with Crippen LogP contribution in [0.3, 0.4) is 0 Å². The minimum Gasteiger partial charge on any atom is -0.475 e. The maximum absolute atomic E-state index is 10.6. The van der Waals surface area contributed by atoms with Crippen LogP contribution >= 0.6 is 11.6 Å². The van der Waals surface area contributed by atoms with E-state index in [2.05, 4.69) is 35.9 Å². The Bertz CT molecular complexity index is 1040. The maximum atomic E-state index is 10.6. The van der Waals surface area contributed by atoms with Crippen molar-refractivity contribution >= 4 is 17.6 Å². The molecule has 1 aromatic heterocycles. The van der Waals surface area contributed by atoms with Crippen molar-refractivity contribution in [3.63, 3.8) is 0 Å². The summed E-state index contributed by atoms with van der Waals surface area (Å²) in [6.07, 6.45) is 6.23. The first kappa shape index (κ1) is 28.0. The van der Waals surface area contributed by atoms with E-state index in [0.717, 1.165) is 18.0 Å². The van der Waals surface area contributed by atoms with E-state index < -0.39 is 12.1 Å². The van der Waals surface area contributed by atoms with Crippen LogP contribution in [0.4, 0.5) is 13.2 Å². The average Bonchev–Trinajstić information content (AvgIpc) is 3.19. The second-order valence-corrected chi connectivity index (χ2v) is 9.75. The van der Waals surface area contributed by atoms with Crippen molar-refractivity contribution in [2.24, 2.45) is 7.05 Å². The molecule has 1 aromatic carbocycles. The Labute approximate surface area is 214 Å². The molecule has 1 aliphatic carbocycles. The summed E-state index contributed by atoms with van der Waals surface area (Å²) < 4.78 is 39.7. The number of aromatic nitrogens is 2. The smallest absolute Gasteiger partial charge is 0.475 e. The molecule has 1 aliphatic heterocycles. The number of rotatable bonds is 4. The number of benzene rings is 1. The molecule has 0 bridgehead atoms. The average molecular weight is 526 g/mol. The molecule has 2 fully saturated rings. The molecule has 2 atom stereocenters. The molecule has 1 saturated heterocycles. The van der Waals surface area contributed by atoms with Gasteiger partial charge in [0.1, 0.15) is 6.10 Å². The molecule has 10 heteroatoms. The largest absolute Gasteiger partial charge is 0.490 e. The van der Waals surface area contributed by atoms with Gasteiger partial charge in [-0.25, -0.2) is 4.79 Å². The van der Waals surface area contributed by atoms with Crippen molar-refractivity contribution in [3.8, 4) is 12.3 Å². The molecule has 2 aliphatic rings. The lowest BCUT2D eigenvalue weighted by Gasteiger charge is -2.45. The summed E-state index contributed by atoms with van der Waals surface area (Å²) in [6.45, 7) is 3.64. The van der Waals surface area contributed by atoms with Gasteiger partial charge in [0.05, 0.1) is 12.3 Å². The zero-order chi connectivity index (χ0) is 26.5. The van der Waals surface area contributed by atoms with Crippen LogP contribution in [0.1, 0.15) is 48.6 Å². The Kier molecular flexibility index (Phi) is 9.45. The lowest BCUT2D eigenvalue weighted by atomic mass is 9.82. The first-order valence-corrected chi connectivity index (χ1v) is 12.2. The molecule has 1 N–H and O–H groups in total. The lowest BCUT2D eigenvalue weighted by Crippen LogP contribution is -2.55. The molecule has 0 radical (unpaired) electrons. The van der Waals surface area contributed by atoms with Crippen LogP contribution < -0.4 is 0 Å². The van der Waals surface area contributed by atoms with E-state index in [4.69, 9.17) is 37.8 Å². The standard InChI is InChI=1S/C24H30ClN3O.C2HF3O2/c1-4-23-15-28(22(16-29-23)14-18-5-9-20(25)10-6-18)21-11-7-19(8-12-21)24-13-17(2)27(3)26-24;3-2(4,5)1(6)7/h1,5-6,9-10,13,19,21-23H,7-8,11-12,14-16H2,2-3H3;(H,6,7)/t19?,21?,22-,23-;/m0./s1. The van der Waals surface area contributed by atoms with Crippen LogP contribution in [0.5, 0.6) is 0 Å². The fourth-order valence-electron chi connectivity index (χ4n) is 4.82. The Hall–Kier alpha value is -2.54. The van der Waals surface area contributed by atoms with E-state index in [1.54, 1.807) is 0 Å². The number of carboxylic acid groups (broad SMARTS) is 1. The molecule has 4 rings (SSSR count). The second-order valence-electron chi connectivity index (χ2n) is 9.31. The summed E-state index contributed by atoms with van der Waals surface area (Å²) >= 11 is 6.05. The predicted molar refractivity (Wildman–Crippen MR) is 131 cm³/mol. The Morgan fingerprint density at radius 2 is 1.86 bits per heavy atom. The van der Waals surface area contributed by atoms with Crippen molar-refractivity contribution in [2.75, 3.05) is 13.2 Å². The molecule has 0 spiro atoms. The van der Waals surface area contributed by atoms with Gasteiger partial charge in [-0.05, 0) is 62.8 Å². The Morgan fingerprint density at radius 3 is 2.36 bits per heavy atom. The van der Waals surface area contributed by atoms with Crippen LogP contribution in [-0.4, -0.2) is 63.3 Å². The fourth-order valence-corrected chi connectivity index (χ4v) is 4.95. The second kappa shape index (κ2) is 12.1. The van der Waals surface area contributed by atoms with Crippen molar-refractivity contribution in [1.82, 2.24) is 14.7 Å². The van der Waals surface area contributed by atoms with E-state index in [0.29, 0.717) is 24.6 Å². The van der Waals surface area contributed by atoms with Gasteiger partial charge in [0.25, 0.3) is 0 Å².